The zero-order chi connectivity index (χ0) is 14.5. The number of aromatic nitrogens is 2. The number of nitrogens with one attached hydrogen (secondary N) is 2. The molecule has 0 atom stereocenters. The molecule has 1 aromatic carbocycles. The number of carbonyl (C=O) groups is 1. The van der Waals surface area contributed by atoms with Gasteiger partial charge in [-0.2, -0.15) is 5.10 Å². The Kier molecular flexibility index (Phi) is 4.56. The van der Waals surface area contributed by atoms with Gasteiger partial charge in [-0.1, -0.05) is 29.8 Å². The molecule has 0 aliphatic carbocycles. The summed E-state index contributed by atoms with van der Waals surface area (Å²) in [6.45, 7) is 6.59. The number of benzene rings is 1. The maximum Gasteiger partial charge on any atom is 0.220 e. The lowest BCUT2D eigenvalue weighted by Gasteiger charge is -2.06. The van der Waals surface area contributed by atoms with Crippen molar-refractivity contribution in [2.45, 2.75) is 40.2 Å². The first-order chi connectivity index (χ1) is 9.56. The number of hydrogen-bond acceptors (Lipinski definition) is 2. The monoisotopic (exact) mass is 271 g/mol. The number of rotatable bonds is 5. The fourth-order valence-electron chi connectivity index (χ4n) is 2.29. The third-order valence-electron chi connectivity index (χ3n) is 3.45. The molecule has 106 valence electrons. The fourth-order valence-corrected chi connectivity index (χ4v) is 2.29. The Labute approximate surface area is 119 Å². The zero-order valence-corrected chi connectivity index (χ0v) is 12.3. The minimum atomic E-state index is 0.0755. The van der Waals surface area contributed by atoms with Crippen LogP contribution in [-0.2, 0) is 17.8 Å². The lowest BCUT2D eigenvalue weighted by atomic mass is 10.1. The van der Waals surface area contributed by atoms with Gasteiger partial charge in [0, 0.05) is 18.7 Å². The molecule has 0 saturated carbocycles. The smallest absolute Gasteiger partial charge is 0.220 e. The second kappa shape index (κ2) is 6.37. The summed E-state index contributed by atoms with van der Waals surface area (Å²) in [5.74, 6) is 0.0755. The Morgan fingerprint density at radius 3 is 2.75 bits per heavy atom. The molecule has 0 unspecified atom stereocenters. The normalized spacial score (nSPS) is 10.6. The van der Waals surface area contributed by atoms with Gasteiger partial charge in [0.15, 0.2) is 0 Å². The summed E-state index contributed by atoms with van der Waals surface area (Å²) in [5, 5.41) is 10.0. The van der Waals surface area contributed by atoms with Crippen LogP contribution in [-0.4, -0.2) is 16.1 Å². The van der Waals surface area contributed by atoms with Crippen molar-refractivity contribution in [1.82, 2.24) is 15.5 Å². The molecule has 1 amide bonds. The van der Waals surface area contributed by atoms with Crippen LogP contribution in [0, 0.1) is 20.8 Å². The molecule has 1 heterocycles. The SMILES string of the molecule is Cc1cccc(CNC(=O)CCc2c(C)n[nH]c2C)c1. The summed E-state index contributed by atoms with van der Waals surface area (Å²) >= 11 is 0. The summed E-state index contributed by atoms with van der Waals surface area (Å²) in [7, 11) is 0. The number of hydrogen-bond donors (Lipinski definition) is 2. The minimum Gasteiger partial charge on any atom is -0.352 e. The topological polar surface area (TPSA) is 57.8 Å². The van der Waals surface area contributed by atoms with Crippen molar-refractivity contribution < 1.29 is 4.79 Å². The highest BCUT2D eigenvalue weighted by molar-refractivity contribution is 5.76. The van der Waals surface area contributed by atoms with Gasteiger partial charge < -0.3 is 5.32 Å². The number of aromatic amines is 1. The molecule has 0 aliphatic heterocycles. The average Bonchev–Trinajstić information content (AvgIpc) is 2.74. The molecule has 2 rings (SSSR count). The van der Waals surface area contributed by atoms with Crippen LogP contribution in [0.2, 0.25) is 0 Å². The van der Waals surface area contributed by atoms with Crippen LogP contribution >= 0.6 is 0 Å². The number of H-pyrrole nitrogens is 1. The van der Waals surface area contributed by atoms with E-state index in [9.17, 15) is 4.79 Å². The highest BCUT2D eigenvalue weighted by atomic mass is 16.1. The van der Waals surface area contributed by atoms with Crippen LogP contribution in [0.3, 0.4) is 0 Å². The highest BCUT2D eigenvalue weighted by Crippen LogP contribution is 2.11. The Morgan fingerprint density at radius 2 is 2.10 bits per heavy atom. The van der Waals surface area contributed by atoms with E-state index in [2.05, 4.69) is 34.6 Å². The fraction of sp³-hybridized carbons (Fsp3) is 0.375. The summed E-state index contributed by atoms with van der Waals surface area (Å²) < 4.78 is 0. The second-order valence-corrected chi connectivity index (χ2v) is 5.18. The van der Waals surface area contributed by atoms with Gasteiger partial charge in [0.05, 0.1) is 5.69 Å². The van der Waals surface area contributed by atoms with Crippen LogP contribution in [0.1, 0.15) is 34.5 Å². The number of aryl methyl sites for hydroxylation is 3. The van der Waals surface area contributed by atoms with Gasteiger partial charge in [-0.15, -0.1) is 0 Å². The van der Waals surface area contributed by atoms with Gasteiger partial charge in [0.2, 0.25) is 5.91 Å². The number of carbonyl (C=O) groups excluding carboxylic acids is 1. The van der Waals surface area contributed by atoms with E-state index < -0.39 is 0 Å². The van der Waals surface area contributed by atoms with Gasteiger partial charge in [-0.3, -0.25) is 9.89 Å². The van der Waals surface area contributed by atoms with Crippen LogP contribution in [0.25, 0.3) is 0 Å². The van der Waals surface area contributed by atoms with E-state index >= 15 is 0 Å². The standard InChI is InChI=1S/C16H21N3O/c1-11-5-4-6-14(9-11)10-17-16(20)8-7-15-12(2)18-19-13(15)3/h4-6,9H,7-8,10H2,1-3H3,(H,17,20)(H,18,19). The van der Waals surface area contributed by atoms with Crippen LogP contribution in [0.5, 0.6) is 0 Å². The molecule has 20 heavy (non-hydrogen) atoms. The molecule has 1 aromatic heterocycles. The molecule has 4 nitrogen and oxygen atoms in total. The van der Waals surface area contributed by atoms with Crippen LogP contribution in [0.4, 0.5) is 0 Å². The van der Waals surface area contributed by atoms with Crippen LogP contribution < -0.4 is 5.32 Å². The van der Waals surface area contributed by atoms with Crippen molar-refractivity contribution in [3.8, 4) is 0 Å². The maximum atomic E-state index is 11.9. The van der Waals surface area contributed by atoms with Crippen molar-refractivity contribution >= 4 is 5.91 Å². The van der Waals surface area contributed by atoms with E-state index in [4.69, 9.17) is 0 Å². The van der Waals surface area contributed by atoms with Crippen molar-refractivity contribution in [3.05, 3.63) is 52.3 Å². The molecular formula is C16H21N3O. The third-order valence-corrected chi connectivity index (χ3v) is 3.45. The first-order valence-electron chi connectivity index (χ1n) is 6.89. The van der Waals surface area contributed by atoms with Crippen LogP contribution in [0.15, 0.2) is 24.3 Å². The average molecular weight is 271 g/mol. The maximum absolute atomic E-state index is 11.9. The van der Waals surface area contributed by atoms with Gasteiger partial charge in [0.25, 0.3) is 0 Å². The van der Waals surface area contributed by atoms with E-state index in [1.807, 2.05) is 26.0 Å². The number of amides is 1. The highest BCUT2D eigenvalue weighted by Gasteiger charge is 2.09. The van der Waals surface area contributed by atoms with Gasteiger partial charge in [-0.05, 0) is 38.3 Å². The summed E-state index contributed by atoms with van der Waals surface area (Å²) in [6.07, 6.45) is 1.22. The summed E-state index contributed by atoms with van der Waals surface area (Å²) in [5.41, 5.74) is 5.52. The molecule has 0 aliphatic rings. The quantitative estimate of drug-likeness (QED) is 0.878. The first-order valence-corrected chi connectivity index (χ1v) is 6.89. The van der Waals surface area contributed by atoms with E-state index in [1.54, 1.807) is 0 Å². The molecule has 0 saturated heterocycles. The molecular weight excluding hydrogens is 250 g/mol. The molecule has 0 fully saturated rings. The molecule has 2 aromatic rings. The molecule has 0 radical (unpaired) electrons. The van der Waals surface area contributed by atoms with Crippen molar-refractivity contribution in [2.24, 2.45) is 0 Å². The predicted molar refractivity (Wildman–Crippen MR) is 79.4 cm³/mol. The lowest BCUT2D eigenvalue weighted by Crippen LogP contribution is -2.23. The van der Waals surface area contributed by atoms with E-state index in [0.717, 1.165) is 28.9 Å². The third kappa shape index (κ3) is 3.70. The van der Waals surface area contributed by atoms with Gasteiger partial charge >= 0.3 is 0 Å². The molecule has 0 bridgehead atoms. The molecule has 0 spiro atoms. The Balaban J connectivity index is 1.81. The van der Waals surface area contributed by atoms with E-state index in [-0.39, 0.29) is 5.91 Å². The number of nitrogens with zero attached hydrogens (tertiary/aromatic N) is 1. The first kappa shape index (κ1) is 14.3. The van der Waals surface area contributed by atoms with Gasteiger partial charge in [0.1, 0.15) is 0 Å². The Bertz CT molecular complexity index is 582. The largest absolute Gasteiger partial charge is 0.352 e. The zero-order valence-electron chi connectivity index (χ0n) is 12.3. The lowest BCUT2D eigenvalue weighted by molar-refractivity contribution is -0.121. The summed E-state index contributed by atoms with van der Waals surface area (Å²) in [4.78, 5) is 11.9. The summed E-state index contributed by atoms with van der Waals surface area (Å²) in [6, 6.07) is 8.17. The van der Waals surface area contributed by atoms with Crippen molar-refractivity contribution in [3.63, 3.8) is 0 Å². The Hall–Kier alpha value is -2.10. The molecule has 2 N–H and O–H groups in total. The minimum absolute atomic E-state index is 0.0755. The second-order valence-electron chi connectivity index (χ2n) is 5.18. The van der Waals surface area contributed by atoms with E-state index in [1.165, 1.54) is 5.56 Å². The van der Waals surface area contributed by atoms with Crippen molar-refractivity contribution in [1.29, 1.82) is 0 Å². The van der Waals surface area contributed by atoms with E-state index in [0.29, 0.717) is 13.0 Å². The predicted octanol–water partition coefficient (Wildman–Crippen LogP) is 2.58. The molecule has 4 heteroatoms. The van der Waals surface area contributed by atoms with Gasteiger partial charge in [-0.25, -0.2) is 0 Å². The van der Waals surface area contributed by atoms with Crippen molar-refractivity contribution in [2.75, 3.05) is 0 Å². The Morgan fingerprint density at radius 1 is 1.30 bits per heavy atom.